The van der Waals surface area contributed by atoms with Crippen LogP contribution in [0.1, 0.15) is 40.0 Å². The lowest BCUT2D eigenvalue weighted by Crippen LogP contribution is -2.29. The number of ketones is 1. The minimum atomic E-state index is -0.921. The van der Waals surface area contributed by atoms with Crippen LogP contribution in [0.3, 0.4) is 0 Å². The summed E-state index contributed by atoms with van der Waals surface area (Å²) in [6.45, 7) is 2.06. The summed E-state index contributed by atoms with van der Waals surface area (Å²) in [7, 11) is 0. The molecule has 0 aliphatic carbocycles. The number of phenols is 1. The van der Waals surface area contributed by atoms with E-state index in [0.29, 0.717) is 33.8 Å². The molecule has 2 aliphatic heterocycles. The molecule has 188 valence electrons. The van der Waals surface area contributed by atoms with Gasteiger partial charge in [-0.1, -0.05) is 24.3 Å². The van der Waals surface area contributed by atoms with Crippen LogP contribution < -0.4 is 9.47 Å². The molecule has 0 saturated carbocycles. The fourth-order valence-corrected chi connectivity index (χ4v) is 4.40. The summed E-state index contributed by atoms with van der Waals surface area (Å²) in [6.07, 6.45) is 0. The van der Waals surface area contributed by atoms with E-state index in [4.69, 9.17) is 14.2 Å². The molecule has 0 aromatic heterocycles. The fraction of sp³-hybridized carbons (Fsp3) is 0.179. The van der Waals surface area contributed by atoms with Crippen molar-refractivity contribution in [3.63, 3.8) is 0 Å². The summed E-state index contributed by atoms with van der Waals surface area (Å²) in [5.74, 6) is -1.48. The van der Waals surface area contributed by atoms with Gasteiger partial charge < -0.3 is 29.3 Å². The van der Waals surface area contributed by atoms with E-state index in [1.807, 2.05) is 0 Å². The number of amides is 1. The van der Waals surface area contributed by atoms with E-state index in [9.17, 15) is 24.6 Å². The summed E-state index contributed by atoms with van der Waals surface area (Å²) < 4.78 is 15.7. The molecule has 0 spiro atoms. The molecule has 37 heavy (non-hydrogen) atoms. The summed E-state index contributed by atoms with van der Waals surface area (Å²) in [4.78, 5) is 39.8. The lowest BCUT2D eigenvalue weighted by atomic mass is 9.95. The van der Waals surface area contributed by atoms with Crippen molar-refractivity contribution < 1.29 is 38.8 Å². The standard InChI is InChI=1S/C28H23NO8/c1-2-35-28(34)18-5-3-16(4-6-18)14-29-24(17-7-10-20(30)11-8-17)23(26(32)27(29)33)25(31)19-9-12-21-22(13-19)37-15-36-21/h3-13,24,30-31H,2,14-15H2,1H3/b25-23-. The molecule has 3 aromatic rings. The number of hydrogen-bond donors (Lipinski definition) is 2. The van der Waals surface area contributed by atoms with Crippen LogP contribution in [0.5, 0.6) is 17.2 Å². The maximum absolute atomic E-state index is 13.2. The lowest BCUT2D eigenvalue weighted by Gasteiger charge is -2.25. The zero-order valence-corrected chi connectivity index (χ0v) is 19.8. The van der Waals surface area contributed by atoms with Gasteiger partial charge in [0.25, 0.3) is 11.7 Å². The first-order valence-corrected chi connectivity index (χ1v) is 11.6. The molecule has 3 aromatic carbocycles. The average Bonchev–Trinajstić information content (AvgIpc) is 3.47. The first-order chi connectivity index (χ1) is 17.9. The lowest BCUT2D eigenvalue weighted by molar-refractivity contribution is -0.140. The zero-order chi connectivity index (χ0) is 26.1. The van der Waals surface area contributed by atoms with Crippen LogP contribution in [0, 0.1) is 0 Å². The van der Waals surface area contributed by atoms with Crippen molar-refractivity contribution in [1.82, 2.24) is 4.90 Å². The third-order valence-electron chi connectivity index (χ3n) is 6.21. The second kappa shape index (κ2) is 9.69. The van der Waals surface area contributed by atoms with Gasteiger partial charge in [-0.2, -0.15) is 0 Å². The average molecular weight is 501 g/mol. The molecule has 1 amide bonds. The molecular weight excluding hydrogens is 478 g/mol. The van der Waals surface area contributed by atoms with Crippen LogP contribution in [-0.2, 0) is 20.9 Å². The van der Waals surface area contributed by atoms with Crippen molar-refractivity contribution >= 4 is 23.4 Å². The van der Waals surface area contributed by atoms with Crippen molar-refractivity contribution in [2.24, 2.45) is 0 Å². The third-order valence-corrected chi connectivity index (χ3v) is 6.21. The van der Waals surface area contributed by atoms with Gasteiger partial charge in [0.1, 0.15) is 11.5 Å². The Labute approximate surface area is 212 Å². The number of rotatable bonds is 6. The number of ether oxygens (including phenoxy) is 3. The Morgan fingerprint density at radius 3 is 2.35 bits per heavy atom. The Hall–Kier alpha value is -4.79. The zero-order valence-electron chi connectivity index (χ0n) is 19.8. The van der Waals surface area contributed by atoms with Gasteiger partial charge in [-0.15, -0.1) is 0 Å². The van der Waals surface area contributed by atoms with Gasteiger partial charge >= 0.3 is 5.97 Å². The predicted octanol–water partition coefficient (Wildman–Crippen LogP) is 3.92. The van der Waals surface area contributed by atoms with E-state index >= 15 is 0 Å². The molecule has 2 N–H and O–H groups in total. The van der Waals surface area contributed by atoms with Crippen molar-refractivity contribution in [3.8, 4) is 17.2 Å². The molecule has 1 fully saturated rings. The smallest absolute Gasteiger partial charge is 0.338 e. The first kappa shape index (κ1) is 23.9. The summed E-state index contributed by atoms with van der Waals surface area (Å²) in [6, 6.07) is 16.4. The maximum Gasteiger partial charge on any atom is 0.338 e. The number of Topliss-reactive ketones (excluding diaryl/α,β-unsaturated/α-hetero) is 1. The largest absolute Gasteiger partial charge is 0.508 e. The number of phenolic OH excluding ortho intramolecular Hbond substituents is 1. The highest BCUT2D eigenvalue weighted by molar-refractivity contribution is 6.46. The predicted molar refractivity (Wildman–Crippen MR) is 131 cm³/mol. The summed E-state index contributed by atoms with van der Waals surface area (Å²) >= 11 is 0. The molecule has 0 radical (unpaired) electrons. The fourth-order valence-electron chi connectivity index (χ4n) is 4.40. The number of hydrogen-bond acceptors (Lipinski definition) is 8. The van der Waals surface area contributed by atoms with Crippen LogP contribution in [0.15, 0.2) is 72.3 Å². The molecule has 9 nitrogen and oxygen atoms in total. The van der Waals surface area contributed by atoms with Crippen LogP contribution in [-0.4, -0.2) is 46.2 Å². The van der Waals surface area contributed by atoms with Gasteiger partial charge in [0.2, 0.25) is 6.79 Å². The van der Waals surface area contributed by atoms with Crippen molar-refractivity contribution in [3.05, 3.63) is 94.6 Å². The molecule has 1 atom stereocenters. The molecular formula is C28H23NO8. The minimum Gasteiger partial charge on any atom is -0.508 e. The molecule has 5 rings (SSSR count). The number of carbonyl (C=O) groups is 3. The number of aliphatic hydroxyl groups excluding tert-OH is 1. The quantitative estimate of drug-likeness (QED) is 0.226. The molecule has 1 unspecified atom stereocenters. The number of carbonyl (C=O) groups excluding carboxylic acids is 3. The molecule has 1 saturated heterocycles. The number of aromatic hydroxyl groups is 1. The minimum absolute atomic E-state index is 0.0195. The number of likely N-dealkylation sites (tertiary alicyclic amines) is 1. The van der Waals surface area contributed by atoms with E-state index in [1.54, 1.807) is 61.5 Å². The highest BCUT2D eigenvalue weighted by Crippen LogP contribution is 2.42. The van der Waals surface area contributed by atoms with Crippen molar-refractivity contribution in [2.45, 2.75) is 19.5 Å². The van der Waals surface area contributed by atoms with E-state index in [-0.39, 0.29) is 37.0 Å². The second-order valence-corrected chi connectivity index (χ2v) is 8.50. The van der Waals surface area contributed by atoms with Crippen LogP contribution in [0.2, 0.25) is 0 Å². The van der Waals surface area contributed by atoms with E-state index < -0.39 is 23.7 Å². The molecule has 0 bridgehead atoms. The summed E-state index contributed by atoms with van der Waals surface area (Å²) in [5.41, 5.74) is 1.78. The van der Waals surface area contributed by atoms with E-state index in [0.717, 1.165) is 0 Å². The van der Waals surface area contributed by atoms with Gasteiger partial charge in [0, 0.05) is 12.1 Å². The SMILES string of the molecule is CCOC(=O)c1ccc(CN2C(=O)C(=O)/C(=C(\O)c3ccc4c(c3)OCO4)C2c2ccc(O)cc2)cc1. The highest BCUT2D eigenvalue weighted by atomic mass is 16.7. The van der Waals surface area contributed by atoms with Gasteiger partial charge in [-0.05, 0) is 60.5 Å². The van der Waals surface area contributed by atoms with Gasteiger partial charge in [0.15, 0.2) is 11.5 Å². The monoisotopic (exact) mass is 501 g/mol. The number of nitrogens with zero attached hydrogens (tertiary/aromatic N) is 1. The maximum atomic E-state index is 13.2. The van der Waals surface area contributed by atoms with Crippen LogP contribution >= 0.6 is 0 Å². The number of fused-ring (bicyclic) bond motifs is 1. The third kappa shape index (κ3) is 4.47. The number of aliphatic hydroxyl groups is 1. The topological polar surface area (TPSA) is 123 Å². The Kier molecular flexibility index (Phi) is 6.27. The van der Waals surface area contributed by atoms with Crippen LogP contribution in [0.25, 0.3) is 5.76 Å². The van der Waals surface area contributed by atoms with Gasteiger partial charge in [0.05, 0.1) is 23.8 Å². The van der Waals surface area contributed by atoms with E-state index in [2.05, 4.69) is 0 Å². The van der Waals surface area contributed by atoms with Gasteiger partial charge in [-0.25, -0.2) is 4.79 Å². The van der Waals surface area contributed by atoms with E-state index in [1.165, 1.54) is 17.0 Å². The Morgan fingerprint density at radius 1 is 0.973 bits per heavy atom. The normalized spacial score (nSPS) is 17.8. The Balaban J connectivity index is 1.55. The van der Waals surface area contributed by atoms with Crippen molar-refractivity contribution in [1.29, 1.82) is 0 Å². The van der Waals surface area contributed by atoms with Gasteiger partial charge in [-0.3, -0.25) is 9.59 Å². The van der Waals surface area contributed by atoms with Crippen molar-refractivity contribution in [2.75, 3.05) is 13.4 Å². The number of esters is 1. The Morgan fingerprint density at radius 2 is 1.65 bits per heavy atom. The first-order valence-electron chi connectivity index (χ1n) is 11.6. The number of benzene rings is 3. The Bertz CT molecular complexity index is 1410. The highest BCUT2D eigenvalue weighted by Gasteiger charge is 2.46. The molecule has 9 heteroatoms. The van der Waals surface area contributed by atoms with Crippen LogP contribution in [0.4, 0.5) is 0 Å². The second-order valence-electron chi connectivity index (χ2n) is 8.50. The molecule has 2 aliphatic rings. The molecule has 2 heterocycles. The summed E-state index contributed by atoms with van der Waals surface area (Å²) in [5, 5.41) is 21.0.